The molecule has 11 amide bonds. The summed E-state index contributed by atoms with van der Waals surface area (Å²) in [5.41, 5.74) is 14.6. The lowest BCUT2D eigenvalue weighted by atomic mass is 9.99. The van der Waals surface area contributed by atoms with Crippen molar-refractivity contribution < 1.29 is 63.0 Å². The number of hydrogen-bond donors (Lipinski definition) is 16. The van der Waals surface area contributed by atoms with Crippen LogP contribution in [0.15, 0.2) is 97.7 Å². The number of aromatic hydroxyl groups is 1. The number of fused-ring (bicyclic) bond motifs is 2. The molecule has 5 heterocycles. The van der Waals surface area contributed by atoms with Crippen molar-refractivity contribution in [2.75, 3.05) is 26.2 Å². The number of likely N-dealkylation sites (tertiary alicyclic amines) is 1. The third-order valence-corrected chi connectivity index (χ3v) is 16.1. The van der Waals surface area contributed by atoms with E-state index in [1.807, 2.05) is 32.0 Å². The monoisotopic (exact) mass is 1270 g/mol. The number of phenolic OH excluding ortho intramolecular Hbond substituents is 1. The van der Waals surface area contributed by atoms with Crippen LogP contribution in [0.25, 0.3) is 21.8 Å². The largest absolute Gasteiger partial charge is 0.508 e. The molecule has 0 aliphatic carbocycles. The van der Waals surface area contributed by atoms with Gasteiger partial charge in [-0.05, 0) is 91.9 Å². The summed E-state index contributed by atoms with van der Waals surface area (Å²) in [5.74, 6) is -8.61. The number of aromatic nitrogens is 4. The standard InChI is InChI=1S/C63H80N16O13/c1-34(2)23-46(56(85)72-45(13-7-21-64)63(92)79-22-8-14-52(79)62(91)69-31-53(65)82)73-58(87)48(25-36-28-67-42-11-5-3-9-40(36)42)75-57(86)47(24-35-15-17-39(81)18-16-35)74-61(90)51(32-80)78-59(88)49(26-37-29-68-43-12-6-4-10-41(37)43)76-60(89)50(27-38-30-66-33-70-38)77-55(84)44-19-20-54(83)71-44/h3-6,9-12,15-18,28-30,33-34,44-52,67-68,80-81H,7-8,13-14,19-27,31-32,64H2,1-2H3,(H2,65,82)(H,66,70)(H,69,91)(H,71,83)(H,72,85)(H,73,87)(H,74,90)(H,75,86)(H,76,89)(H,77,84)(H,78,88)/t44-,45-,46-,47-,48+,49-,50-,51-,52-/m0/s1. The van der Waals surface area contributed by atoms with E-state index in [4.69, 9.17) is 11.5 Å². The molecule has 2 aliphatic rings. The second-order valence-corrected chi connectivity index (χ2v) is 23.5. The van der Waals surface area contributed by atoms with Crippen molar-refractivity contribution in [2.24, 2.45) is 17.4 Å². The predicted octanol–water partition coefficient (Wildman–Crippen LogP) is -1.61. The summed E-state index contributed by atoms with van der Waals surface area (Å²) in [5, 5.41) is 46.5. The van der Waals surface area contributed by atoms with Crippen LogP contribution in [0.5, 0.6) is 5.75 Å². The first-order chi connectivity index (χ1) is 44.2. The zero-order chi connectivity index (χ0) is 66.0. The van der Waals surface area contributed by atoms with Crippen molar-refractivity contribution in [1.82, 2.24) is 72.7 Å². The number of aliphatic hydroxyl groups is 1. The molecule has 0 unspecified atom stereocenters. The van der Waals surface area contributed by atoms with Gasteiger partial charge in [-0.3, -0.25) is 52.7 Å². The van der Waals surface area contributed by atoms with Gasteiger partial charge < -0.3 is 89.4 Å². The van der Waals surface area contributed by atoms with E-state index in [1.54, 1.807) is 42.7 Å². The number of nitrogens with one attached hydrogen (secondary N) is 12. The van der Waals surface area contributed by atoms with Gasteiger partial charge in [0.05, 0.1) is 19.5 Å². The van der Waals surface area contributed by atoms with E-state index in [0.717, 1.165) is 0 Å². The number of phenols is 1. The van der Waals surface area contributed by atoms with Gasteiger partial charge in [-0.1, -0.05) is 62.4 Å². The number of carbonyl (C=O) groups is 11. The smallest absolute Gasteiger partial charge is 0.245 e. The van der Waals surface area contributed by atoms with Crippen LogP contribution in [0.2, 0.25) is 0 Å². The van der Waals surface area contributed by atoms with Gasteiger partial charge in [0.2, 0.25) is 65.0 Å². The summed E-state index contributed by atoms with van der Waals surface area (Å²) < 4.78 is 0. The number of para-hydroxylation sites is 2. The molecule has 0 bridgehead atoms. The van der Waals surface area contributed by atoms with Gasteiger partial charge in [-0.2, -0.15) is 0 Å². The Morgan fingerprint density at radius 2 is 1.17 bits per heavy atom. The van der Waals surface area contributed by atoms with E-state index in [1.165, 1.54) is 41.7 Å². The van der Waals surface area contributed by atoms with E-state index in [-0.39, 0.29) is 82.0 Å². The van der Waals surface area contributed by atoms with Gasteiger partial charge in [0.25, 0.3) is 0 Å². The van der Waals surface area contributed by atoms with Crippen molar-refractivity contribution in [3.63, 3.8) is 0 Å². The molecule has 92 heavy (non-hydrogen) atoms. The normalized spacial score (nSPS) is 16.9. The Morgan fingerprint density at radius 1 is 0.641 bits per heavy atom. The van der Waals surface area contributed by atoms with Crippen molar-refractivity contribution >= 4 is 86.8 Å². The van der Waals surface area contributed by atoms with Crippen LogP contribution in [-0.4, -0.2) is 181 Å². The Kier molecular flexibility index (Phi) is 23.6. The highest BCUT2D eigenvalue weighted by molar-refractivity contribution is 6.00. The summed E-state index contributed by atoms with van der Waals surface area (Å²) in [6, 6.07) is 8.09. The Hall–Kier alpha value is -10.2. The van der Waals surface area contributed by atoms with Crippen molar-refractivity contribution in [2.45, 2.75) is 139 Å². The lowest BCUT2D eigenvalue weighted by Gasteiger charge is -2.30. The molecule has 0 spiro atoms. The van der Waals surface area contributed by atoms with Crippen LogP contribution in [0, 0.1) is 5.92 Å². The zero-order valence-corrected chi connectivity index (χ0v) is 51.1. The maximum Gasteiger partial charge on any atom is 0.245 e. The van der Waals surface area contributed by atoms with Crippen LogP contribution in [0.1, 0.15) is 81.2 Å². The molecule has 8 rings (SSSR count). The highest BCUT2D eigenvalue weighted by atomic mass is 16.3. The quantitative estimate of drug-likeness (QED) is 0.0226. The van der Waals surface area contributed by atoms with Crippen molar-refractivity contribution in [1.29, 1.82) is 0 Å². The molecule has 18 N–H and O–H groups in total. The number of rotatable bonds is 32. The van der Waals surface area contributed by atoms with E-state index >= 15 is 9.59 Å². The van der Waals surface area contributed by atoms with Gasteiger partial charge in [0.15, 0.2) is 0 Å². The molecule has 0 saturated carbocycles. The Balaban J connectivity index is 1.04. The van der Waals surface area contributed by atoms with Crippen molar-refractivity contribution in [3.8, 4) is 5.75 Å². The van der Waals surface area contributed by atoms with E-state index in [0.29, 0.717) is 63.5 Å². The number of H-pyrrole nitrogens is 3. The molecule has 2 fully saturated rings. The lowest BCUT2D eigenvalue weighted by Crippen LogP contribution is -2.61. The van der Waals surface area contributed by atoms with E-state index in [2.05, 4.69) is 67.8 Å². The molecule has 2 saturated heterocycles. The van der Waals surface area contributed by atoms with Gasteiger partial charge in [-0.15, -0.1) is 0 Å². The summed E-state index contributed by atoms with van der Waals surface area (Å²) in [6.07, 6.45) is 6.86. The fraction of sp³-hybridized carbons (Fsp3) is 0.429. The highest BCUT2D eigenvalue weighted by Gasteiger charge is 2.40. The predicted molar refractivity (Wildman–Crippen MR) is 335 cm³/mol. The maximum atomic E-state index is 15.0. The average molecular weight is 1270 g/mol. The SMILES string of the molecule is CC(C)C[C@H](NC(=O)[C@@H](Cc1c[nH]c2ccccc12)NC(=O)[C@H](Cc1ccc(O)cc1)NC(=O)[C@H](CO)NC(=O)[C@H](Cc1c[nH]c2ccccc12)NC(=O)[C@H](Cc1cnc[nH]1)NC(=O)[C@@H]1CCC(=O)N1)C(=O)N[C@@H](CCCN)C(=O)N1CCC[C@H]1C(=O)NCC(N)=O. The Bertz CT molecular complexity index is 3610. The Morgan fingerprint density at radius 3 is 1.71 bits per heavy atom. The van der Waals surface area contributed by atoms with E-state index in [9.17, 15) is 53.4 Å². The molecule has 29 nitrogen and oxygen atoms in total. The second-order valence-electron chi connectivity index (χ2n) is 23.5. The minimum atomic E-state index is -1.79. The highest BCUT2D eigenvalue weighted by Crippen LogP contribution is 2.24. The number of benzene rings is 3. The number of nitrogens with two attached hydrogens (primary N) is 2. The summed E-state index contributed by atoms with van der Waals surface area (Å²) in [7, 11) is 0. The number of carbonyl (C=O) groups excluding carboxylic acids is 11. The number of aliphatic hydroxyl groups excluding tert-OH is 1. The number of amides is 11. The van der Waals surface area contributed by atoms with Gasteiger partial charge in [0.1, 0.15) is 60.1 Å². The fourth-order valence-electron chi connectivity index (χ4n) is 11.4. The molecule has 9 atom stereocenters. The minimum Gasteiger partial charge on any atom is -0.508 e. The number of imidazole rings is 1. The van der Waals surface area contributed by atoms with Crippen molar-refractivity contribution in [3.05, 3.63) is 120 Å². The van der Waals surface area contributed by atoms with E-state index < -0.39 is 127 Å². The third-order valence-electron chi connectivity index (χ3n) is 16.1. The number of aromatic amines is 3. The molecule has 0 radical (unpaired) electrons. The van der Waals surface area contributed by atoms with Crippen LogP contribution >= 0.6 is 0 Å². The molecule has 29 heteroatoms. The summed E-state index contributed by atoms with van der Waals surface area (Å²) in [6.45, 7) is 2.50. The summed E-state index contributed by atoms with van der Waals surface area (Å²) in [4.78, 5) is 167. The lowest BCUT2D eigenvalue weighted by molar-refractivity contribution is -0.142. The van der Waals surface area contributed by atoms with Crippen LogP contribution in [-0.2, 0) is 78.4 Å². The number of nitrogens with zero attached hydrogens (tertiary/aromatic N) is 2. The first-order valence-electron chi connectivity index (χ1n) is 30.6. The minimum absolute atomic E-state index is 0.0503. The number of primary amides is 1. The molecule has 3 aromatic heterocycles. The first kappa shape index (κ1) is 67.8. The topological polar surface area (TPSA) is 452 Å². The van der Waals surface area contributed by atoms with Crippen LogP contribution in [0.3, 0.4) is 0 Å². The Labute approximate surface area is 528 Å². The van der Waals surface area contributed by atoms with Crippen LogP contribution < -0.4 is 59.3 Å². The molecule has 3 aromatic carbocycles. The second kappa shape index (κ2) is 32.0. The molecule has 6 aromatic rings. The zero-order valence-electron chi connectivity index (χ0n) is 51.1. The fourth-order valence-corrected chi connectivity index (χ4v) is 11.4. The molecular formula is C63H80N16O13. The first-order valence-corrected chi connectivity index (χ1v) is 30.6. The van der Waals surface area contributed by atoms with Gasteiger partial charge in [-0.25, -0.2) is 4.98 Å². The van der Waals surface area contributed by atoms with Gasteiger partial charge >= 0.3 is 0 Å². The third kappa shape index (κ3) is 18.3. The van der Waals surface area contributed by atoms with Crippen LogP contribution in [0.4, 0.5) is 0 Å². The molecule has 490 valence electrons. The van der Waals surface area contributed by atoms with Gasteiger partial charge in [0, 0.05) is 84.7 Å². The maximum absolute atomic E-state index is 15.0. The molecule has 2 aliphatic heterocycles. The number of hydrogen-bond acceptors (Lipinski definition) is 15. The summed E-state index contributed by atoms with van der Waals surface area (Å²) >= 11 is 0. The average Bonchev–Trinajstić information content (AvgIpc) is 1.72. The molecular weight excluding hydrogens is 1190 g/mol.